The molecule has 0 saturated heterocycles. The summed E-state index contributed by atoms with van der Waals surface area (Å²) in [5, 5.41) is 10.4. The fraction of sp³-hybridized carbons (Fsp3) is 0.133. The third kappa shape index (κ3) is 2.19. The molecule has 0 spiro atoms. The second-order valence-electron chi connectivity index (χ2n) is 4.45. The van der Waals surface area contributed by atoms with E-state index in [0.29, 0.717) is 16.7 Å². The summed E-state index contributed by atoms with van der Waals surface area (Å²) in [6, 6.07) is 12.3. The highest BCUT2D eigenvalue weighted by atomic mass is 16.5. The highest BCUT2D eigenvalue weighted by Gasteiger charge is 2.12. The number of methoxy groups -OCH3 is 1. The van der Waals surface area contributed by atoms with Crippen LogP contribution in [0.5, 0.6) is 5.75 Å². The van der Waals surface area contributed by atoms with E-state index in [1.807, 2.05) is 0 Å². The van der Waals surface area contributed by atoms with Crippen molar-refractivity contribution in [1.29, 1.82) is 0 Å². The second-order valence-corrected chi connectivity index (χ2v) is 4.45. The molecule has 1 unspecified atom stereocenters. The zero-order chi connectivity index (χ0) is 14.1. The molecule has 102 valence electrons. The first-order chi connectivity index (χ1) is 9.67. The summed E-state index contributed by atoms with van der Waals surface area (Å²) in [5.74, 6) is 0.226. The molecule has 0 aliphatic carbocycles. The lowest BCUT2D eigenvalue weighted by Crippen LogP contribution is -1.99. The molecule has 2 N–H and O–H groups in total. The predicted molar refractivity (Wildman–Crippen MR) is 73.9 cm³/mol. The van der Waals surface area contributed by atoms with Crippen molar-refractivity contribution in [3.05, 3.63) is 64.1 Å². The van der Waals surface area contributed by atoms with Crippen LogP contribution in [-0.2, 0) is 0 Å². The van der Waals surface area contributed by atoms with E-state index in [2.05, 4.69) is 4.98 Å². The maximum atomic E-state index is 11.1. The van der Waals surface area contributed by atoms with Gasteiger partial charge in [0.25, 0.3) is 0 Å². The molecule has 1 heterocycles. The summed E-state index contributed by atoms with van der Waals surface area (Å²) >= 11 is 0. The van der Waals surface area contributed by atoms with Crippen LogP contribution in [0.25, 0.3) is 11.1 Å². The van der Waals surface area contributed by atoms with E-state index in [9.17, 15) is 9.90 Å². The van der Waals surface area contributed by atoms with Gasteiger partial charge in [0.15, 0.2) is 5.58 Å². The van der Waals surface area contributed by atoms with E-state index in [1.165, 1.54) is 0 Å². The Morgan fingerprint density at radius 1 is 1.15 bits per heavy atom. The number of hydrogen-bond acceptors (Lipinski definition) is 4. The van der Waals surface area contributed by atoms with Crippen molar-refractivity contribution in [2.75, 3.05) is 7.11 Å². The summed E-state index contributed by atoms with van der Waals surface area (Å²) in [6.07, 6.45) is -0.787. The lowest BCUT2D eigenvalue weighted by molar-refractivity contribution is 0.220. The Labute approximate surface area is 114 Å². The standard InChI is InChI=1S/C15H13NO4/c1-19-11-5-2-9(3-6-11)14(17)10-4-7-12-13(8-10)20-15(18)16-12/h2-8,14,17H,1H3,(H,16,18). The van der Waals surface area contributed by atoms with Gasteiger partial charge in [-0.3, -0.25) is 4.98 Å². The van der Waals surface area contributed by atoms with Crippen LogP contribution in [0, 0.1) is 0 Å². The summed E-state index contributed by atoms with van der Waals surface area (Å²) in [7, 11) is 1.59. The van der Waals surface area contributed by atoms with Gasteiger partial charge < -0.3 is 14.3 Å². The summed E-state index contributed by atoms with van der Waals surface area (Å²) < 4.78 is 10.1. The van der Waals surface area contributed by atoms with Gasteiger partial charge in [-0.2, -0.15) is 0 Å². The van der Waals surface area contributed by atoms with Crippen LogP contribution >= 0.6 is 0 Å². The van der Waals surface area contributed by atoms with Crippen molar-refractivity contribution in [2.45, 2.75) is 6.10 Å². The highest BCUT2D eigenvalue weighted by Crippen LogP contribution is 2.25. The summed E-state index contributed by atoms with van der Waals surface area (Å²) in [6.45, 7) is 0. The van der Waals surface area contributed by atoms with Crippen LogP contribution in [0.3, 0.4) is 0 Å². The number of aliphatic hydroxyl groups excluding tert-OH is 1. The van der Waals surface area contributed by atoms with Gasteiger partial charge in [-0.25, -0.2) is 4.79 Å². The van der Waals surface area contributed by atoms with Crippen molar-refractivity contribution in [2.24, 2.45) is 0 Å². The molecule has 20 heavy (non-hydrogen) atoms. The Morgan fingerprint density at radius 2 is 1.85 bits per heavy atom. The molecule has 0 aliphatic heterocycles. The monoisotopic (exact) mass is 271 g/mol. The number of nitrogens with one attached hydrogen (secondary N) is 1. The molecule has 0 bridgehead atoms. The maximum Gasteiger partial charge on any atom is 0.417 e. The van der Waals surface area contributed by atoms with E-state index in [0.717, 1.165) is 11.3 Å². The normalized spacial score (nSPS) is 12.5. The molecule has 0 saturated carbocycles. The minimum atomic E-state index is -0.787. The molecule has 0 amide bonds. The number of aromatic amines is 1. The molecule has 1 aromatic heterocycles. The van der Waals surface area contributed by atoms with Crippen molar-refractivity contribution < 1.29 is 14.3 Å². The number of hydrogen-bond donors (Lipinski definition) is 2. The lowest BCUT2D eigenvalue weighted by Gasteiger charge is -2.11. The van der Waals surface area contributed by atoms with Crippen LogP contribution in [0.4, 0.5) is 0 Å². The van der Waals surface area contributed by atoms with Crippen molar-refractivity contribution in [1.82, 2.24) is 4.98 Å². The van der Waals surface area contributed by atoms with Crippen LogP contribution in [0.2, 0.25) is 0 Å². The SMILES string of the molecule is COc1ccc(C(O)c2ccc3[nH]c(=O)oc3c2)cc1. The lowest BCUT2D eigenvalue weighted by atomic mass is 10.0. The number of ether oxygens (including phenoxy) is 1. The van der Waals surface area contributed by atoms with Gasteiger partial charge in [-0.1, -0.05) is 18.2 Å². The number of benzene rings is 2. The van der Waals surface area contributed by atoms with E-state index >= 15 is 0 Å². The number of aliphatic hydroxyl groups is 1. The van der Waals surface area contributed by atoms with Gasteiger partial charge in [0.1, 0.15) is 11.9 Å². The van der Waals surface area contributed by atoms with Gasteiger partial charge in [0.2, 0.25) is 0 Å². The zero-order valence-electron chi connectivity index (χ0n) is 10.8. The van der Waals surface area contributed by atoms with Crippen LogP contribution in [0.15, 0.2) is 51.7 Å². The topological polar surface area (TPSA) is 75.5 Å². The third-order valence-electron chi connectivity index (χ3n) is 3.19. The second kappa shape index (κ2) is 4.86. The number of fused-ring (bicyclic) bond motifs is 1. The molecule has 0 radical (unpaired) electrons. The van der Waals surface area contributed by atoms with Crippen LogP contribution in [0.1, 0.15) is 17.2 Å². The van der Waals surface area contributed by atoms with E-state index in [-0.39, 0.29) is 0 Å². The highest BCUT2D eigenvalue weighted by molar-refractivity contribution is 5.73. The Kier molecular flexibility index (Phi) is 3.04. The number of aromatic nitrogens is 1. The first-order valence-electron chi connectivity index (χ1n) is 6.12. The average Bonchev–Trinajstić information content (AvgIpc) is 2.85. The fourth-order valence-electron chi connectivity index (χ4n) is 2.11. The van der Waals surface area contributed by atoms with E-state index < -0.39 is 11.9 Å². The molecule has 0 fully saturated rings. The molecular formula is C15H13NO4. The first-order valence-corrected chi connectivity index (χ1v) is 6.12. The molecule has 3 rings (SSSR count). The molecule has 0 aliphatic rings. The quantitative estimate of drug-likeness (QED) is 0.765. The first kappa shape index (κ1) is 12.5. The average molecular weight is 271 g/mol. The van der Waals surface area contributed by atoms with Gasteiger partial charge >= 0.3 is 5.76 Å². The Morgan fingerprint density at radius 3 is 2.55 bits per heavy atom. The van der Waals surface area contributed by atoms with Crippen molar-refractivity contribution >= 4 is 11.1 Å². The van der Waals surface area contributed by atoms with Gasteiger partial charge in [-0.05, 0) is 35.4 Å². The predicted octanol–water partition coefficient (Wildman–Crippen LogP) is 2.21. The van der Waals surface area contributed by atoms with Gasteiger partial charge in [0.05, 0.1) is 12.6 Å². The minimum absolute atomic E-state index is 0.431. The summed E-state index contributed by atoms with van der Waals surface area (Å²) in [5.41, 5.74) is 2.44. The molecule has 3 aromatic rings. The molecule has 5 nitrogen and oxygen atoms in total. The Hall–Kier alpha value is -2.53. The number of rotatable bonds is 3. The Bertz CT molecular complexity index is 785. The van der Waals surface area contributed by atoms with Crippen molar-refractivity contribution in [3.8, 4) is 5.75 Å². The zero-order valence-corrected chi connectivity index (χ0v) is 10.8. The van der Waals surface area contributed by atoms with E-state index in [1.54, 1.807) is 49.6 Å². The molecule has 1 atom stereocenters. The fourth-order valence-corrected chi connectivity index (χ4v) is 2.11. The Balaban J connectivity index is 1.97. The number of H-pyrrole nitrogens is 1. The van der Waals surface area contributed by atoms with Gasteiger partial charge in [-0.15, -0.1) is 0 Å². The minimum Gasteiger partial charge on any atom is -0.497 e. The number of oxazole rings is 1. The summed E-state index contributed by atoms with van der Waals surface area (Å²) in [4.78, 5) is 13.7. The largest absolute Gasteiger partial charge is 0.497 e. The van der Waals surface area contributed by atoms with E-state index in [4.69, 9.17) is 9.15 Å². The van der Waals surface area contributed by atoms with Crippen molar-refractivity contribution in [3.63, 3.8) is 0 Å². The van der Waals surface area contributed by atoms with Crippen LogP contribution in [-0.4, -0.2) is 17.2 Å². The van der Waals surface area contributed by atoms with Crippen LogP contribution < -0.4 is 10.5 Å². The third-order valence-corrected chi connectivity index (χ3v) is 3.19. The molecule has 5 heteroatoms. The molecular weight excluding hydrogens is 258 g/mol. The maximum absolute atomic E-state index is 11.1. The smallest absolute Gasteiger partial charge is 0.417 e. The van der Waals surface area contributed by atoms with Gasteiger partial charge in [0, 0.05) is 0 Å². The molecule has 2 aromatic carbocycles.